The molecule has 1 rings (SSSR count). The molecule has 0 spiro atoms. The fourth-order valence-corrected chi connectivity index (χ4v) is 1.79. The first-order valence-electron chi connectivity index (χ1n) is 4.18. The molecule has 3 nitrogen and oxygen atoms in total. The zero-order valence-corrected chi connectivity index (χ0v) is 9.37. The SMILES string of the molecule is COc1c(Br)cccc1CCC(=O)O. The summed E-state index contributed by atoms with van der Waals surface area (Å²) in [7, 11) is 1.57. The molecule has 76 valence electrons. The van der Waals surface area contributed by atoms with Crippen molar-refractivity contribution in [3.63, 3.8) is 0 Å². The number of carbonyl (C=O) groups is 1. The number of carboxylic acids is 1. The van der Waals surface area contributed by atoms with Crippen LogP contribution in [-0.4, -0.2) is 18.2 Å². The van der Waals surface area contributed by atoms with Crippen LogP contribution < -0.4 is 4.74 Å². The van der Waals surface area contributed by atoms with E-state index in [1.807, 2.05) is 18.2 Å². The average molecular weight is 259 g/mol. The van der Waals surface area contributed by atoms with Crippen molar-refractivity contribution in [1.82, 2.24) is 0 Å². The maximum atomic E-state index is 10.4. The monoisotopic (exact) mass is 258 g/mol. The predicted octanol–water partition coefficient (Wildman–Crippen LogP) is 2.47. The lowest BCUT2D eigenvalue weighted by Gasteiger charge is -2.08. The maximum absolute atomic E-state index is 10.4. The predicted molar refractivity (Wildman–Crippen MR) is 56.7 cm³/mol. The van der Waals surface area contributed by atoms with Gasteiger partial charge in [-0.1, -0.05) is 12.1 Å². The van der Waals surface area contributed by atoms with Crippen molar-refractivity contribution in [1.29, 1.82) is 0 Å². The summed E-state index contributed by atoms with van der Waals surface area (Å²) in [5, 5.41) is 8.56. The number of hydrogen-bond donors (Lipinski definition) is 1. The topological polar surface area (TPSA) is 46.5 Å². The number of rotatable bonds is 4. The Labute approximate surface area is 90.8 Å². The lowest BCUT2D eigenvalue weighted by atomic mass is 10.1. The molecule has 0 radical (unpaired) electrons. The third-order valence-corrected chi connectivity index (χ3v) is 2.49. The summed E-state index contributed by atoms with van der Waals surface area (Å²) in [5.41, 5.74) is 0.907. The molecule has 0 aliphatic carbocycles. The van der Waals surface area contributed by atoms with Gasteiger partial charge in [-0.3, -0.25) is 4.79 Å². The summed E-state index contributed by atoms with van der Waals surface area (Å²) in [4.78, 5) is 10.4. The van der Waals surface area contributed by atoms with E-state index >= 15 is 0 Å². The van der Waals surface area contributed by atoms with Crippen LogP contribution in [-0.2, 0) is 11.2 Å². The summed E-state index contributed by atoms with van der Waals surface area (Å²) >= 11 is 3.34. The van der Waals surface area contributed by atoms with Crippen LogP contribution >= 0.6 is 15.9 Å². The third-order valence-electron chi connectivity index (χ3n) is 1.86. The molecule has 0 heterocycles. The molecule has 1 N–H and O–H groups in total. The van der Waals surface area contributed by atoms with E-state index in [4.69, 9.17) is 9.84 Å². The quantitative estimate of drug-likeness (QED) is 0.903. The highest BCUT2D eigenvalue weighted by molar-refractivity contribution is 9.10. The minimum Gasteiger partial charge on any atom is -0.495 e. The normalized spacial score (nSPS) is 9.86. The Morgan fingerprint density at radius 2 is 2.29 bits per heavy atom. The largest absolute Gasteiger partial charge is 0.495 e. The zero-order valence-electron chi connectivity index (χ0n) is 7.79. The van der Waals surface area contributed by atoms with Gasteiger partial charge in [-0.25, -0.2) is 0 Å². The molecule has 0 aliphatic heterocycles. The Bertz CT molecular complexity index is 336. The number of benzene rings is 1. The van der Waals surface area contributed by atoms with E-state index < -0.39 is 5.97 Å². The van der Waals surface area contributed by atoms with Gasteiger partial charge in [-0.2, -0.15) is 0 Å². The number of hydrogen-bond acceptors (Lipinski definition) is 2. The molecule has 0 aromatic heterocycles. The Morgan fingerprint density at radius 3 is 2.86 bits per heavy atom. The molecule has 0 bridgehead atoms. The number of aliphatic carboxylic acids is 1. The first kappa shape index (κ1) is 11.0. The third kappa shape index (κ3) is 2.73. The van der Waals surface area contributed by atoms with E-state index in [0.717, 1.165) is 10.0 Å². The minimum atomic E-state index is -0.799. The van der Waals surface area contributed by atoms with Gasteiger partial charge in [-0.15, -0.1) is 0 Å². The van der Waals surface area contributed by atoms with Gasteiger partial charge in [-0.05, 0) is 34.0 Å². The second kappa shape index (κ2) is 5.00. The van der Waals surface area contributed by atoms with Crippen LogP contribution in [0.5, 0.6) is 5.75 Å². The molecule has 1 aromatic rings. The highest BCUT2D eigenvalue weighted by Gasteiger charge is 2.07. The molecule has 0 unspecified atom stereocenters. The Kier molecular flexibility index (Phi) is 3.95. The van der Waals surface area contributed by atoms with Crippen LogP contribution in [0, 0.1) is 0 Å². The molecule has 0 fully saturated rings. The van der Waals surface area contributed by atoms with Crippen LogP contribution in [0.1, 0.15) is 12.0 Å². The van der Waals surface area contributed by atoms with Gasteiger partial charge in [0.1, 0.15) is 5.75 Å². The van der Waals surface area contributed by atoms with E-state index in [1.54, 1.807) is 7.11 Å². The number of carboxylic acid groups (broad SMARTS) is 1. The molecule has 4 heteroatoms. The molecule has 14 heavy (non-hydrogen) atoms. The van der Waals surface area contributed by atoms with Crippen LogP contribution in [0.25, 0.3) is 0 Å². The van der Waals surface area contributed by atoms with Gasteiger partial charge in [0.2, 0.25) is 0 Å². The lowest BCUT2D eigenvalue weighted by Crippen LogP contribution is -1.99. The van der Waals surface area contributed by atoms with Crippen LogP contribution in [0.15, 0.2) is 22.7 Å². The summed E-state index contributed by atoms with van der Waals surface area (Å²) in [6.45, 7) is 0. The van der Waals surface area contributed by atoms with Crippen molar-refractivity contribution < 1.29 is 14.6 Å². The van der Waals surface area contributed by atoms with Crippen molar-refractivity contribution in [3.05, 3.63) is 28.2 Å². The van der Waals surface area contributed by atoms with Gasteiger partial charge >= 0.3 is 5.97 Å². The molecule has 0 atom stereocenters. The van der Waals surface area contributed by atoms with Crippen molar-refractivity contribution >= 4 is 21.9 Å². The number of halogens is 1. The zero-order chi connectivity index (χ0) is 10.6. The van der Waals surface area contributed by atoms with E-state index in [-0.39, 0.29) is 6.42 Å². The number of ether oxygens (including phenoxy) is 1. The fourth-order valence-electron chi connectivity index (χ4n) is 1.22. The molecule has 0 saturated carbocycles. The van der Waals surface area contributed by atoms with Crippen molar-refractivity contribution in [2.75, 3.05) is 7.11 Å². The van der Waals surface area contributed by atoms with Crippen LogP contribution in [0.4, 0.5) is 0 Å². The van der Waals surface area contributed by atoms with E-state index in [2.05, 4.69) is 15.9 Å². The summed E-state index contributed by atoms with van der Waals surface area (Å²) in [6.07, 6.45) is 0.602. The Balaban J connectivity index is 2.85. The molecule has 0 amide bonds. The fraction of sp³-hybridized carbons (Fsp3) is 0.300. The minimum absolute atomic E-state index is 0.118. The first-order chi connectivity index (χ1) is 6.65. The smallest absolute Gasteiger partial charge is 0.303 e. The standard InChI is InChI=1S/C10H11BrO3/c1-14-10-7(5-6-9(12)13)3-2-4-8(10)11/h2-4H,5-6H2,1H3,(H,12,13). The second-order valence-electron chi connectivity index (χ2n) is 2.83. The lowest BCUT2D eigenvalue weighted by molar-refractivity contribution is -0.136. The van der Waals surface area contributed by atoms with Gasteiger partial charge < -0.3 is 9.84 Å². The maximum Gasteiger partial charge on any atom is 0.303 e. The van der Waals surface area contributed by atoms with Crippen LogP contribution in [0.3, 0.4) is 0 Å². The van der Waals surface area contributed by atoms with Gasteiger partial charge in [0.25, 0.3) is 0 Å². The van der Waals surface area contributed by atoms with Crippen LogP contribution in [0.2, 0.25) is 0 Å². The van der Waals surface area contributed by atoms with Gasteiger partial charge in [0.05, 0.1) is 11.6 Å². The molecule has 1 aromatic carbocycles. The van der Waals surface area contributed by atoms with E-state index in [0.29, 0.717) is 12.2 Å². The Hall–Kier alpha value is -1.03. The molecule has 0 aliphatic rings. The van der Waals surface area contributed by atoms with Gasteiger partial charge in [0.15, 0.2) is 0 Å². The summed E-state index contributed by atoms with van der Waals surface area (Å²) in [6, 6.07) is 5.60. The second-order valence-corrected chi connectivity index (χ2v) is 3.68. The highest BCUT2D eigenvalue weighted by atomic mass is 79.9. The average Bonchev–Trinajstić information content (AvgIpc) is 2.14. The molecular formula is C10H11BrO3. The number of methoxy groups -OCH3 is 1. The molecular weight excluding hydrogens is 248 g/mol. The number of aryl methyl sites for hydroxylation is 1. The summed E-state index contributed by atoms with van der Waals surface area (Å²) in [5.74, 6) is -0.0826. The van der Waals surface area contributed by atoms with Gasteiger partial charge in [0, 0.05) is 6.42 Å². The first-order valence-corrected chi connectivity index (χ1v) is 4.97. The van der Waals surface area contributed by atoms with Crippen molar-refractivity contribution in [2.24, 2.45) is 0 Å². The number of para-hydroxylation sites is 1. The van der Waals surface area contributed by atoms with Crippen molar-refractivity contribution in [2.45, 2.75) is 12.8 Å². The molecule has 0 saturated heterocycles. The highest BCUT2D eigenvalue weighted by Crippen LogP contribution is 2.29. The Morgan fingerprint density at radius 1 is 1.57 bits per heavy atom. The van der Waals surface area contributed by atoms with E-state index in [1.165, 1.54) is 0 Å². The van der Waals surface area contributed by atoms with Crippen molar-refractivity contribution in [3.8, 4) is 5.75 Å². The van der Waals surface area contributed by atoms with E-state index in [9.17, 15) is 4.79 Å². The summed E-state index contributed by atoms with van der Waals surface area (Å²) < 4.78 is 6.02.